The van der Waals surface area contributed by atoms with Crippen LogP contribution in [0.3, 0.4) is 0 Å². The predicted molar refractivity (Wildman–Crippen MR) is 82.7 cm³/mol. The first-order valence-corrected chi connectivity index (χ1v) is 7.98. The number of rotatable bonds is 1. The van der Waals surface area contributed by atoms with E-state index < -0.39 is 11.7 Å². The fraction of sp³-hybridized carbons (Fsp3) is 0.200. The second-order valence-corrected chi connectivity index (χ2v) is 6.91. The number of benzene rings is 2. The van der Waals surface area contributed by atoms with E-state index >= 15 is 0 Å². The molecule has 21 heavy (non-hydrogen) atoms. The van der Waals surface area contributed by atoms with Gasteiger partial charge in [0.15, 0.2) is 0 Å². The molecule has 0 fully saturated rings. The lowest BCUT2D eigenvalue weighted by molar-refractivity contribution is -0.137. The van der Waals surface area contributed by atoms with Gasteiger partial charge in [-0.2, -0.15) is 13.2 Å². The van der Waals surface area contributed by atoms with E-state index in [1.54, 1.807) is 23.9 Å². The zero-order chi connectivity index (χ0) is 15.0. The van der Waals surface area contributed by atoms with E-state index in [0.717, 1.165) is 32.8 Å². The Morgan fingerprint density at radius 3 is 2.48 bits per heavy atom. The Morgan fingerprint density at radius 2 is 1.81 bits per heavy atom. The first kappa shape index (κ1) is 14.8. The van der Waals surface area contributed by atoms with E-state index in [2.05, 4.69) is 21.2 Å². The van der Waals surface area contributed by atoms with Crippen LogP contribution < -0.4 is 5.32 Å². The Kier molecular flexibility index (Phi) is 3.92. The van der Waals surface area contributed by atoms with Crippen molar-refractivity contribution >= 4 is 33.4 Å². The molecule has 0 saturated carbocycles. The molecule has 1 aliphatic heterocycles. The molecule has 1 unspecified atom stereocenters. The quantitative estimate of drug-likeness (QED) is 0.685. The van der Waals surface area contributed by atoms with Gasteiger partial charge in [-0.15, -0.1) is 11.8 Å². The summed E-state index contributed by atoms with van der Waals surface area (Å²) < 4.78 is 38.7. The van der Waals surface area contributed by atoms with Gasteiger partial charge in [-0.3, -0.25) is 0 Å². The van der Waals surface area contributed by atoms with Crippen molar-refractivity contribution in [3.05, 3.63) is 58.1 Å². The number of nitrogens with one attached hydrogen (secondary N) is 1. The number of alkyl halides is 3. The van der Waals surface area contributed by atoms with Crippen LogP contribution >= 0.6 is 27.7 Å². The normalized spacial score (nSPS) is 18.0. The smallest absolute Gasteiger partial charge is 0.383 e. The number of halogens is 4. The molecule has 1 aliphatic rings. The van der Waals surface area contributed by atoms with Gasteiger partial charge in [0.05, 0.1) is 10.8 Å². The summed E-state index contributed by atoms with van der Waals surface area (Å²) in [4.78, 5) is 1.10. The lowest BCUT2D eigenvalue weighted by Gasteiger charge is -2.26. The fourth-order valence-electron chi connectivity index (χ4n) is 2.21. The minimum absolute atomic E-state index is 0.106. The first-order chi connectivity index (χ1) is 9.93. The molecule has 0 aliphatic carbocycles. The zero-order valence-electron chi connectivity index (χ0n) is 10.7. The van der Waals surface area contributed by atoms with E-state index in [-0.39, 0.29) is 5.25 Å². The number of hydrogen-bond acceptors (Lipinski definition) is 2. The van der Waals surface area contributed by atoms with E-state index in [4.69, 9.17) is 0 Å². The summed E-state index contributed by atoms with van der Waals surface area (Å²) in [7, 11) is 0. The van der Waals surface area contributed by atoms with Gasteiger partial charge in [-0.1, -0.05) is 28.1 Å². The van der Waals surface area contributed by atoms with Crippen LogP contribution in [-0.2, 0) is 6.18 Å². The summed E-state index contributed by atoms with van der Waals surface area (Å²) in [5, 5.41) is 3.42. The maximum absolute atomic E-state index is 12.6. The van der Waals surface area contributed by atoms with Crippen LogP contribution in [0.1, 0.15) is 16.4 Å². The summed E-state index contributed by atoms with van der Waals surface area (Å²) in [6.45, 7) is 0.699. The molecule has 0 bridgehead atoms. The highest BCUT2D eigenvalue weighted by molar-refractivity contribution is 9.10. The highest BCUT2D eigenvalue weighted by Gasteiger charge is 2.30. The fourth-order valence-corrected chi connectivity index (χ4v) is 3.95. The van der Waals surface area contributed by atoms with Crippen molar-refractivity contribution in [1.82, 2.24) is 0 Å². The number of hydrogen-bond donors (Lipinski definition) is 1. The standard InChI is InChI=1S/C15H11BrF3NS/c16-11-5-6-12-13(7-11)21-14(8-20-12)9-1-3-10(4-2-9)15(17,18)19/h1-7,14,20H,8H2. The number of anilines is 1. The summed E-state index contributed by atoms with van der Waals surface area (Å²) in [5.41, 5.74) is 1.35. The van der Waals surface area contributed by atoms with Crippen LogP contribution in [0, 0.1) is 0 Å². The second kappa shape index (κ2) is 5.57. The van der Waals surface area contributed by atoms with Crippen molar-refractivity contribution in [1.29, 1.82) is 0 Å². The van der Waals surface area contributed by atoms with Gasteiger partial charge in [0, 0.05) is 21.6 Å². The lowest BCUT2D eigenvalue weighted by atomic mass is 10.1. The van der Waals surface area contributed by atoms with E-state index in [9.17, 15) is 13.2 Å². The maximum atomic E-state index is 12.6. The molecule has 2 aromatic carbocycles. The Bertz CT molecular complexity index is 655. The molecule has 0 amide bonds. The number of fused-ring (bicyclic) bond motifs is 1. The van der Waals surface area contributed by atoms with Crippen LogP contribution in [-0.4, -0.2) is 6.54 Å². The minimum Gasteiger partial charge on any atom is -0.383 e. The average Bonchev–Trinajstić information content (AvgIpc) is 2.45. The van der Waals surface area contributed by atoms with Crippen LogP contribution in [0.5, 0.6) is 0 Å². The summed E-state index contributed by atoms with van der Waals surface area (Å²) in [5.74, 6) is 0. The molecule has 110 valence electrons. The zero-order valence-corrected chi connectivity index (χ0v) is 13.1. The molecule has 6 heteroatoms. The largest absolute Gasteiger partial charge is 0.416 e. The van der Waals surface area contributed by atoms with Crippen LogP contribution in [0.2, 0.25) is 0 Å². The summed E-state index contributed by atoms with van der Waals surface area (Å²) in [6.07, 6.45) is -4.28. The number of thioether (sulfide) groups is 1. The third kappa shape index (κ3) is 3.21. The molecule has 1 atom stereocenters. The van der Waals surface area contributed by atoms with Gasteiger partial charge < -0.3 is 5.32 Å². The summed E-state index contributed by atoms with van der Waals surface area (Å²) in [6, 6.07) is 11.4. The molecular formula is C15H11BrF3NS. The van der Waals surface area contributed by atoms with Crippen LogP contribution in [0.15, 0.2) is 51.8 Å². The third-order valence-corrected chi connectivity index (χ3v) is 5.11. The molecule has 0 saturated heterocycles. The van der Waals surface area contributed by atoms with Crippen molar-refractivity contribution < 1.29 is 13.2 Å². The highest BCUT2D eigenvalue weighted by atomic mass is 79.9. The van der Waals surface area contributed by atoms with Crippen molar-refractivity contribution in [2.24, 2.45) is 0 Å². The second-order valence-electron chi connectivity index (χ2n) is 4.75. The Labute approximate surface area is 133 Å². The van der Waals surface area contributed by atoms with Crippen molar-refractivity contribution in [3.63, 3.8) is 0 Å². The molecule has 0 aromatic heterocycles. The average molecular weight is 374 g/mol. The van der Waals surface area contributed by atoms with Crippen LogP contribution in [0.4, 0.5) is 18.9 Å². The van der Waals surface area contributed by atoms with E-state index in [1.165, 1.54) is 0 Å². The SMILES string of the molecule is FC(F)(F)c1ccc(C2CNc3ccc(Br)cc3S2)cc1. The van der Waals surface area contributed by atoms with Crippen molar-refractivity contribution in [2.75, 3.05) is 11.9 Å². The molecule has 1 nitrogen and oxygen atoms in total. The van der Waals surface area contributed by atoms with Gasteiger partial charge in [0.1, 0.15) is 0 Å². The molecule has 0 spiro atoms. The van der Waals surface area contributed by atoms with Crippen molar-refractivity contribution in [3.8, 4) is 0 Å². The first-order valence-electron chi connectivity index (χ1n) is 6.31. The molecule has 0 radical (unpaired) electrons. The van der Waals surface area contributed by atoms with Crippen molar-refractivity contribution in [2.45, 2.75) is 16.3 Å². The molecule has 1 heterocycles. The maximum Gasteiger partial charge on any atom is 0.416 e. The third-order valence-electron chi connectivity index (χ3n) is 3.30. The molecule has 2 aromatic rings. The lowest BCUT2D eigenvalue weighted by Crippen LogP contribution is -2.15. The Hall–Kier alpha value is -1.14. The van der Waals surface area contributed by atoms with Gasteiger partial charge in [-0.05, 0) is 35.9 Å². The summed E-state index contributed by atoms with van der Waals surface area (Å²) >= 11 is 5.10. The Balaban J connectivity index is 1.83. The van der Waals surface area contributed by atoms with E-state index in [0.29, 0.717) is 6.54 Å². The minimum atomic E-state index is -4.28. The Morgan fingerprint density at radius 1 is 1.10 bits per heavy atom. The van der Waals surface area contributed by atoms with Crippen LogP contribution in [0.25, 0.3) is 0 Å². The van der Waals surface area contributed by atoms with Gasteiger partial charge in [-0.25, -0.2) is 0 Å². The molecule has 1 N–H and O–H groups in total. The van der Waals surface area contributed by atoms with Gasteiger partial charge >= 0.3 is 6.18 Å². The van der Waals surface area contributed by atoms with Gasteiger partial charge in [0.2, 0.25) is 0 Å². The monoisotopic (exact) mass is 373 g/mol. The molecular weight excluding hydrogens is 363 g/mol. The van der Waals surface area contributed by atoms with E-state index in [1.807, 2.05) is 18.2 Å². The topological polar surface area (TPSA) is 12.0 Å². The predicted octanol–water partition coefficient (Wildman–Crippen LogP) is 5.73. The molecule has 3 rings (SSSR count). The van der Waals surface area contributed by atoms with Gasteiger partial charge in [0.25, 0.3) is 0 Å². The highest BCUT2D eigenvalue weighted by Crippen LogP contribution is 2.44.